The molecule has 3 atom stereocenters. The highest BCUT2D eigenvalue weighted by molar-refractivity contribution is 5.90. The number of hydrogen-bond acceptors (Lipinski definition) is 9. The number of hydrogen-bond donors (Lipinski definition) is 2. The number of carbonyl (C=O) groups excluding carboxylic acids is 1. The number of anilines is 1. The average molecular weight is 603 g/mol. The van der Waals surface area contributed by atoms with Gasteiger partial charge in [0.15, 0.2) is 11.6 Å². The van der Waals surface area contributed by atoms with Gasteiger partial charge in [-0.15, -0.1) is 5.10 Å². The van der Waals surface area contributed by atoms with Crippen LogP contribution in [0.25, 0.3) is 11.4 Å². The molecule has 12 nitrogen and oxygen atoms in total. The lowest BCUT2D eigenvalue weighted by atomic mass is 9.88. The van der Waals surface area contributed by atoms with Crippen LogP contribution in [0.1, 0.15) is 36.2 Å². The van der Waals surface area contributed by atoms with Crippen LogP contribution < -0.4 is 10.6 Å². The Morgan fingerprint density at radius 1 is 1.09 bits per heavy atom. The molecule has 0 saturated carbocycles. The zero-order valence-electron chi connectivity index (χ0n) is 25.2. The van der Waals surface area contributed by atoms with Crippen LogP contribution in [0.15, 0.2) is 53.4 Å². The molecule has 2 aliphatic heterocycles. The van der Waals surface area contributed by atoms with Gasteiger partial charge in [0.2, 0.25) is 6.39 Å². The second-order valence-corrected chi connectivity index (χ2v) is 12.1. The molecular weight excluding hydrogens is 563 g/mol. The Morgan fingerprint density at radius 3 is 2.73 bits per heavy atom. The molecule has 2 fully saturated rings. The minimum Gasteiger partial charge on any atom is -0.343 e. The Kier molecular flexibility index (Phi) is 9.22. The van der Waals surface area contributed by atoms with Crippen molar-refractivity contribution in [3.63, 3.8) is 0 Å². The van der Waals surface area contributed by atoms with E-state index in [2.05, 4.69) is 46.1 Å². The van der Waals surface area contributed by atoms with E-state index in [9.17, 15) is 9.18 Å². The van der Waals surface area contributed by atoms with Gasteiger partial charge in [0.05, 0.1) is 6.54 Å². The molecule has 1 unspecified atom stereocenters. The maximum Gasteiger partial charge on any atom is 0.319 e. The Morgan fingerprint density at radius 2 is 1.95 bits per heavy atom. The van der Waals surface area contributed by atoms with Gasteiger partial charge in [-0.1, -0.05) is 17.3 Å². The molecule has 0 radical (unpaired) electrons. The van der Waals surface area contributed by atoms with Crippen LogP contribution in [0.4, 0.5) is 14.9 Å². The Bertz CT molecular complexity index is 1530. The van der Waals surface area contributed by atoms with Crippen molar-refractivity contribution in [3.8, 4) is 11.4 Å². The van der Waals surface area contributed by atoms with E-state index in [1.54, 1.807) is 23.9 Å². The predicted molar refractivity (Wildman–Crippen MR) is 162 cm³/mol. The van der Waals surface area contributed by atoms with Crippen LogP contribution >= 0.6 is 0 Å². The zero-order chi connectivity index (χ0) is 30.5. The minimum absolute atomic E-state index is 0.00112. The Balaban J connectivity index is 1.12. The summed E-state index contributed by atoms with van der Waals surface area (Å²) in [7, 11) is 1.79. The smallest absolute Gasteiger partial charge is 0.319 e. The summed E-state index contributed by atoms with van der Waals surface area (Å²) in [5, 5.41) is 22.1. The van der Waals surface area contributed by atoms with E-state index in [1.165, 1.54) is 12.0 Å². The molecule has 0 spiro atoms. The molecule has 2 aromatic heterocycles. The second-order valence-electron chi connectivity index (χ2n) is 12.1. The summed E-state index contributed by atoms with van der Waals surface area (Å²) >= 11 is 0. The first-order chi connectivity index (χ1) is 21.4. The molecule has 2 aromatic carbocycles. The van der Waals surface area contributed by atoms with Gasteiger partial charge in [0.1, 0.15) is 5.82 Å². The molecule has 2 amide bonds. The van der Waals surface area contributed by atoms with Crippen molar-refractivity contribution >= 4 is 11.7 Å². The van der Waals surface area contributed by atoms with Gasteiger partial charge in [-0.25, -0.2) is 13.9 Å². The van der Waals surface area contributed by atoms with Gasteiger partial charge in [-0.3, -0.25) is 4.90 Å². The molecule has 2 saturated heterocycles. The fourth-order valence-corrected chi connectivity index (χ4v) is 6.65. The lowest BCUT2D eigenvalue weighted by Gasteiger charge is -2.42. The van der Waals surface area contributed by atoms with E-state index < -0.39 is 0 Å². The third kappa shape index (κ3) is 7.64. The van der Waals surface area contributed by atoms with E-state index in [4.69, 9.17) is 4.52 Å². The fraction of sp³-hybridized carbons (Fsp3) is 0.484. The largest absolute Gasteiger partial charge is 0.343 e. The van der Waals surface area contributed by atoms with Gasteiger partial charge in [0.25, 0.3) is 0 Å². The van der Waals surface area contributed by atoms with Crippen molar-refractivity contribution in [3.05, 3.63) is 71.6 Å². The summed E-state index contributed by atoms with van der Waals surface area (Å²) in [6.45, 7) is 7.12. The average Bonchev–Trinajstić information content (AvgIpc) is 3.67. The first-order valence-corrected chi connectivity index (χ1v) is 15.2. The van der Waals surface area contributed by atoms with Crippen LogP contribution in [-0.4, -0.2) is 84.9 Å². The fourth-order valence-electron chi connectivity index (χ4n) is 6.65. The first kappa shape index (κ1) is 29.8. The third-order valence-corrected chi connectivity index (χ3v) is 8.65. The number of aromatic nitrogens is 6. The molecule has 6 rings (SSSR count). The number of rotatable bonds is 9. The summed E-state index contributed by atoms with van der Waals surface area (Å²) < 4.78 is 20.0. The molecule has 2 aliphatic rings. The summed E-state index contributed by atoms with van der Waals surface area (Å²) in [6.07, 6.45) is 5.40. The molecule has 0 bridgehead atoms. The number of carbonyl (C=O) groups is 1. The molecule has 4 aromatic rings. The van der Waals surface area contributed by atoms with E-state index >= 15 is 0 Å². The number of aryl methyl sites for hydroxylation is 2. The van der Waals surface area contributed by atoms with Gasteiger partial charge >= 0.3 is 6.03 Å². The second kappa shape index (κ2) is 13.6. The predicted octanol–water partition coefficient (Wildman–Crippen LogP) is 3.67. The van der Waals surface area contributed by atoms with E-state index in [0.29, 0.717) is 29.8 Å². The Labute approximate surface area is 256 Å². The first-order valence-electron chi connectivity index (χ1n) is 15.2. The van der Waals surface area contributed by atoms with Crippen molar-refractivity contribution in [2.45, 2.75) is 45.2 Å². The lowest BCUT2D eigenvalue weighted by Crippen LogP contribution is -2.55. The lowest BCUT2D eigenvalue weighted by molar-refractivity contribution is 0.0803. The number of amides is 2. The van der Waals surface area contributed by atoms with Crippen molar-refractivity contribution < 1.29 is 13.7 Å². The van der Waals surface area contributed by atoms with Gasteiger partial charge < -0.3 is 20.1 Å². The number of urea groups is 1. The molecular formula is C31H39FN10O2. The number of tetrazole rings is 1. The molecule has 13 heteroatoms. The number of benzene rings is 2. The Hall–Kier alpha value is -4.23. The molecule has 4 heterocycles. The van der Waals surface area contributed by atoms with Gasteiger partial charge in [0, 0.05) is 56.4 Å². The van der Waals surface area contributed by atoms with Crippen LogP contribution in [0, 0.1) is 24.6 Å². The van der Waals surface area contributed by atoms with Crippen molar-refractivity contribution in [1.29, 1.82) is 0 Å². The highest BCUT2D eigenvalue weighted by Gasteiger charge is 2.33. The van der Waals surface area contributed by atoms with Crippen LogP contribution in [0.5, 0.6) is 0 Å². The normalized spacial score (nSPS) is 21.3. The van der Waals surface area contributed by atoms with Crippen molar-refractivity contribution in [1.82, 2.24) is 45.5 Å². The number of halogens is 1. The maximum absolute atomic E-state index is 13.4. The number of nitrogens with zero attached hydrogens (tertiary/aromatic N) is 8. The van der Waals surface area contributed by atoms with Gasteiger partial charge in [-0.05, 0) is 97.0 Å². The molecule has 232 valence electrons. The van der Waals surface area contributed by atoms with Gasteiger partial charge in [-0.2, -0.15) is 4.98 Å². The topological polar surface area (TPSA) is 130 Å². The summed E-state index contributed by atoms with van der Waals surface area (Å²) in [5.74, 6) is 1.82. The van der Waals surface area contributed by atoms with E-state index in [-0.39, 0.29) is 23.8 Å². The number of piperidine rings is 2. The summed E-state index contributed by atoms with van der Waals surface area (Å²) in [4.78, 5) is 22.4. The molecule has 0 aliphatic carbocycles. The number of likely N-dealkylation sites (tertiary alicyclic amines) is 2. The molecule has 2 N–H and O–H groups in total. The highest BCUT2D eigenvalue weighted by atomic mass is 19.1. The zero-order valence-corrected chi connectivity index (χ0v) is 25.2. The van der Waals surface area contributed by atoms with Crippen molar-refractivity contribution in [2.24, 2.45) is 18.9 Å². The van der Waals surface area contributed by atoms with E-state index in [1.807, 2.05) is 37.3 Å². The van der Waals surface area contributed by atoms with Crippen LogP contribution in [0.2, 0.25) is 0 Å². The third-order valence-electron chi connectivity index (χ3n) is 8.65. The number of nitrogens with one attached hydrogen (secondary N) is 2. The van der Waals surface area contributed by atoms with Crippen LogP contribution in [-0.2, 0) is 20.0 Å². The maximum atomic E-state index is 13.4. The highest BCUT2D eigenvalue weighted by Crippen LogP contribution is 2.26. The quantitative estimate of drug-likeness (QED) is 0.295. The SMILES string of the molecule is Cc1cc(NC(=O)N[C@@H]2CCN(Cc3ncon3)C[C@H]2CN2CCCC(Cc3ccc(F)cc3)C2)cc(-c2nnnn2C)c1. The summed E-state index contributed by atoms with van der Waals surface area (Å²) in [5.41, 5.74) is 3.69. The monoisotopic (exact) mass is 602 g/mol. The molecule has 44 heavy (non-hydrogen) atoms. The minimum atomic E-state index is -0.230. The summed E-state index contributed by atoms with van der Waals surface area (Å²) in [6, 6.07) is 12.5. The van der Waals surface area contributed by atoms with Crippen LogP contribution in [0.3, 0.4) is 0 Å². The van der Waals surface area contributed by atoms with Crippen molar-refractivity contribution in [2.75, 3.05) is 38.0 Å². The standard InChI is InChI=1S/C31H39FN10O2/c1-21-12-24(30-36-38-39-40(30)2)15-27(13-21)34-31(43)35-28-9-11-42(19-29-33-20-44-37-29)18-25(28)17-41-10-3-4-23(16-41)14-22-5-7-26(32)8-6-22/h5-8,12-13,15,20,23,25,28H,3-4,9-11,14,16-19H2,1-2H3,(H2,34,35,43)/t23?,25-,28-/m1/s1. The van der Waals surface area contributed by atoms with E-state index in [0.717, 1.165) is 69.5 Å².